The predicted molar refractivity (Wildman–Crippen MR) is 104 cm³/mol. The molecule has 0 atom stereocenters. The van der Waals surface area contributed by atoms with Crippen molar-refractivity contribution in [3.8, 4) is 11.6 Å². The normalized spacial score (nSPS) is 15.8. The van der Waals surface area contributed by atoms with Crippen LogP contribution in [0.1, 0.15) is 50.6 Å². The summed E-state index contributed by atoms with van der Waals surface area (Å²) in [4.78, 5) is 10.7. The lowest BCUT2D eigenvalue weighted by Crippen LogP contribution is -2.15. The number of rotatable bonds is 2. The fourth-order valence-electron chi connectivity index (χ4n) is 3.42. The zero-order valence-corrected chi connectivity index (χ0v) is 17.2. The fraction of sp³-hybridized carbons (Fsp3) is 0.381. The SMILES string of the molecule is CC(C)(C)c1cc(-c2nc3nc(C4=C(C(F)(F)F)C=CCC4)cc(C(F)(F)F)c3[nH]2)on1. The molecular formula is C21H18F6N4O. The van der Waals surface area contributed by atoms with Gasteiger partial charge in [-0.3, -0.25) is 0 Å². The van der Waals surface area contributed by atoms with E-state index in [9.17, 15) is 26.3 Å². The molecule has 3 heterocycles. The van der Waals surface area contributed by atoms with Gasteiger partial charge in [0.25, 0.3) is 0 Å². The molecule has 11 heteroatoms. The van der Waals surface area contributed by atoms with Crippen LogP contribution in [0.15, 0.2) is 34.4 Å². The second-order valence-corrected chi connectivity index (χ2v) is 8.49. The Morgan fingerprint density at radius 2 is 1.69 bits per heavy atom. The van der Waals surface area contributed by atoms with Gasteiger partial charge in [0.05, 0.1) is 28.0 Å². The summed E-state index contributed by atoms with van der Waals surface area (Å²) in [6.45, 7) is 5.65. The molecule has 170 valence electrons. The third kappa shape index (κ3) is 4.03. The molecule has 1 aliphatic carbocycles. The first-order chi connectivity index (χ1) is 14.7. The number of allylic oxidation sites excluding steroid dienone is 4. The Bertz CT molecular complexity index is 1240. The van der Waals surface area contributed by atoms with Gasteiger partial charge >= 0.3 is 12.4 Å². The van der Waals surface area contributed by atoms with Gasteiger partial charge in [0.2, 0.25) is 5.76 Å². The van der Waals surface area contributed by atoms with Gasteiger partial charge in [-0.25, -0.2) is 9.97 Å². The van der Waals surface area contributed by atoms with Crippen LogP contribution in [0, 0.1) is 0 Å². The highest BCUT2D eigenvalue weighted by Gasteiger charge is 2.39. The van der Waals surface area contributed by atoms with Crippen molar-refractivity contribution in [2.45, 2.75) is 51.4 Å². The van der Waals surface area contributed by atoms with Gasteiger partial charge < -0.3 is 9.51 Å². The van der Waals surface area contributed by atoms with Crippen LogP contribution >= 0.6 is 0 Å². The number of nitrogens with one attached hydrogen (secondary N) is 1. The summed E-state index contributed by atoms with van der Waals surface area (Å²) >= 11 is 0. The highest BCUT2D eigenvalue weighted by molar-refractivity contribution is 5.83. The molecule has 0 aromatic carbocycles. The number of alkyl halides is 6. The lowest BCUT2D eigenvalue weighted by molar-refractivity contribution is -0.136. The number of H-pyrrole nitrogens is 1. The minimum absolute atomic E-state index is 0.0493. The summed E-state index contributed by atoms with van der Waals surface area (Å²) in [7, 11) is 0. The van der Waals surface area contributed by atoms with Crippen LogP contribution in [0.5, 0.6) is 0 Å². The van der Waals surface area contributed by atoms with Crippen molar-refractivity contribution in [3.63, 3.8) is 0 Å². The standard InChI is InChI=1S/C21H18F6N4O/c1-19(2,3)15-9-14(32-31-15)17-29-16-12(21(25,26)27)8-13(28-18(16)30-17)10-6-4-5-7-11(10)20(22,23)24/h5,7-9H,4,6H2,1-3H3,(H,28,29,30). The molecule has 0 unspecified atom stereocenters. The second-order valence-electron chi connectivity index (χ2n) is 8.49. The molecule has 1 N–H and O–H groups in total. The number of imidazole rings is 1. The maximum atomic E-state index is 13.8. The van der Waals surface area contributed by atoms with E-state index in [0.717, 1.165) is 6.08 Å². The Balaban J connectivity index is 1.92. The molecule has 0 saturated heterocycles. The first-order valence-electron chi connectivity index (χ1n) is 9.68. The monoisotopic (exact) mass is 456 g/mol. The van der Waals surface area contributed by atoms with Crippen LogP contribution in [0.3, 0.4) is 0 Å². The largest absolute Gasteiger partial charge is 0.418 e. The Labute approximate surface area is 178 Å². The Morgan fingerprint density at radius 1 is 0.969 bits per heavy atom. The number of pyridine rings is 1. The van der Waals surface area contributed by atoms with E-state index in [0.29, 0.717) is 11.8 Å². The number of fused-ring (bicyclic) bond motifs is 1. The third-order valence-electron chi connectivity index (χ3n) is 5.06. The summed E-state index contributed by atoms with van der Waals surface area (Å²) in [6.07, 6.45) is -7.19. The molecule has 3 aromatic heterocycles. The van der Waals surface area contributed by atoms with Crippen LogP contribution in [0.4, 0.5) is 26.3 Å². The van der Waals surface area contributed by atoms with Gasteiger partial charge in [-0.2, -0.15) is 26.3 Å². The molecule has 3 aromatic rings. The quantitative estimate of drug-likeness (QED) is 0.442. The molecule has 32 heavy (non-hydrogen) atoms. The smallest absolute Gasteiger partial charge is 0.353 e. The highest BCUT2D eigenvalue weighted by Crippen LogP contribution is 2.41. The Hall–Kier alpha value is -3.11. The maximum Gasteiger partial charge on any atom is 0.418 e. The van der Waals surface area contributed by atoms with E-state index in [1.165, 1.54) is 6.08 Å². The molecule has 0 aliphatic heterocycles. The molecule has 0 amide bonds. The van der Waals surface area contributed by atoms with Crippen LogP contribution in [-0.4, -0.2) is 26.3 Å². The van der Waals surface area contributed by atoms with Crippen LogP contribution in [0.2, 0.25) is 0 Å². The molecule has 0 spiro atoms. The van der Waals surface area contributed by atoms with Gasteiger partial charge in [0, 0.05) is 11.5 Å². The topological polar surface area (TPSA) is 67.6 Å². The number of nitrogens with zero attached hydrogens (tertiary/aromatic N) is 3. The molecule has 0 bridgehead atoms. The molecule has 0 saturated carbocycles. The van der Waals surface area contributed by atoms with Crippen molar-refractivity contribution in [1.29, 1.82) is 0 Å². The minimum atomic E-state index is -4.85. The van der Waals surface area contributed by atoms with Crippen LogP contribution in [0.25, 0.3) is 28.3 Å². The predicted octanol–water partition coefficient (Wildman–Crippen LogP) is 6.60. The number of hydrogen-bond donors (Lipinski definition) is 1. The summed E-state index contributed by atoms with van der Waals surface area (Å²) in [5, 5.41) is 3.92. The first kappa shape index (κ1) is 22.1. The molecule has 0 fully saturated rings. The van der Waals surface area contributed by atoms with Gasteiger partial charge in [0.15, 0.2) is 11.5 Å². The highest BCUT2D eigenvalue weighted by atomic mass is 19.4. The van der Waals surface area contributed by atoms with Crippen molar-refractivity contribution < 1.29 is 30.9 Å². The van der Waals surface area contributed by atoms with E-state index in [4.69, 9.17) is 4.52 Å². The summed E-state index contributed by atoms with van der Waals surface area (Å²) < 4.78 is 87.0. The Kier molecular flexibility index (Phi) is 4.98. The minimum Gasteiger partial charge on any atom is -0.353 e. The Morgan fingerprint density at radius 3 is 2.28 bits per heavy atom. The van der Waals surface area contributed by atoms with Crippen molar-refractivity contribution in [1.82, 2.24) is 20.1 Å². The third-order valence-corrected chi connectivity index (χ3v) is 5.06. The van der Waals surface area contributed by atoms with Crippen molar-refractivity contribution in [3.05, 3.63) is 46.8 Å². The number of halogens is 6. The van der Waals surface area contributed by atoms with E-state index in [-0.39, 0.29) is 41.1 Å². The van der Waals surface area contributed by atoms with Gasteiger partial charge in [-0.15, -0.1) is 0 Å². The lowest BCUT2D eigenvalue weighted by Gasteiger charge is -2.19. The lowest BCUT2D eigenvalue weighted by atomic mass is 9.92. The van der Waals surface area contributed by atoms with Crippen molar-refractivity contribution in [2.75, 3.05) is 0 Å². The van der Waals surface area contributed by atoms with Crippen LogP contribution in [-0.2, 0) is 11.6 Å². The van der Waals surface area contributed by atoms with Gasteiger partial charge in [-0.1, -0.05) is 38.1 Å². The number of aromatic nitrogens is 4. The number of hydrogen-bond acceptors (Lipinski definition) is 4. The van der Waals surface area contributed by atoms with Crippen LogP contribution < -0.4 is 0 Å². The maximum absolute atomic E-state index is 13.8. The first-order valence-corrected chi connectivity index (χ1v) is 9.68. The second kappa shape index (κ2) is 7.21. The van der Waals surface area contributed by atoms with E-state index >= 15 is 0 Å². The zero-order chi connectivity index (χ0) is 23.5. The fourth-order valence-corrected chi connectivity index (χ4v) is 3.42. The summed E-state index contributed by atoms with van der Waals surface area (Å²) in [5.41, 5.74) is -3.48. The average molecular weight is 456 g/mol. The molecule has 4 rings (SSSR count). The van der Waals surface area contributed by atoms with Crippen molar-refractivity contribution >= 4 is 16.7 Å². The molecular weight excluding hydrogens is 438 g/mol. The van der Waals surface area contributed by atoms with E-state index < -0.39 is 34.7 Å². The van der Waals surface area contributed by atoms with E-state index in [2.05, 4.69) is 20.1 Å². The van der Waals surface area contributed by atoms with Gasteiger partial charge in [0.1, 0.15) is 0 Å². The summed E-state index contributed by atoms with van der Waals surface area (Å²) in [5.74, 6) is 0.0464. The molecule has 1 aliphatic rings. The average Bonchev–Trinajstić information content (AvgIpc) is 3.32. The van der Waals surface area contributed by atoms with E-state index in [1.807, 2.05) is 20.8 Å². The zero-order valence-electron chi connectivity index (χ0n) is 17.2. The summed E-state index contributed by atoms with van der Waals surface area (Å²) in [6, 6.07) is 2.17. The number of aromatic amines is 1. The van der Waals surface area contributed by atoms with E-state index in [1.54, 1.807) is 6.07 Å². The van der Waals surface area contributed by atoms with Gasteiger partial charge in [-0.05, 0) is 24.5 Å². The molecule has 5 nitrogen and oxygen atoms in total. The van der Waals surface area contributed by atoms with Crippen molar-refractivity contribution in [2.24, 2.45) is 0 Å². The molecule has 0 radical (unpaired) electrons.